The van der Waals surface area contributed by atoms with Crippen LogP contribution in [0.5, 0.6) is 0 Å². The van der Waals surface area contributed by atoms with E-state index in [-0.39, 0.29) is 17.5 Å². The molecule has 3 aromatic heterocycles. The van der Waals surface area contributed by atoms with Crippen LogP contribution in [0, 0.1) is 0 Å². The molecule has 0 spiro atoms. The second-order valence-electron chi connectivity index (χ2n) is 6.77. The van der Waals surface area contributed by atoms with E-state index < -0.39 is 10.0 Å². The van der Waals surface area contributed by atoms with Gasteiger partial charge < -0.3 is 5.32 Å². The van der Waals surface area contributed by atoms with Crippen molar-refractivity contribution in [3.63, 3.8) is 0 Å². The first-order valence-electron chi connectivity index (χ1n) is 9.59. The highest BCUT2D eigenvalue weighted by Crippen LogP contribution is 2.24. The van der Waals surface area contributed by atoms with Crippen LogP contribution in [-0.4, -0.2) is 34.5 Å². The Morgan fingerprint density at radius 1 is 1.07 bits per heavy atom. The number of hydrogen-bond acceptors (Lipinski definition) is 6. The van der Waals surface area contributed by atoms with Gasteiger partial charge in [0.1, 0.15) is 4.90 Å². The van der Waals surface area contributed by atoms with Gasteiger partial charge in [0.2, 0.25) is 5.95 Å². The Kier molecular flexibility index (Phi) is 5.37. The van der Waals surface area contributed by atoms with E-state index >= 15 is 0 Å². The van der Waals surface area contributed by atoms with E-state index in [2.05, 4.69) is 20.5 Å². The molecule has 8 nitrogen and oxygen atoms in total. The van der Waals surface area contributed by atoms with Gasteiger partial charge in [-0.25, -0.2) is 8.42 Å². The number of aromatic nitrogens is 4. The molecule has 1 atom stereocenters. The Bertz CT molecular complexity index is 1240. The number of sulfonamides is 1. The monoisotopic (exact) mass is 422 g/mol. The van der Waals surface area contributed by atoms with Crippen molar-refractivity contribution in [2.75, 3.05) is 16.2 Å². The molecule has 154 valence electrons. The molecule has 3 heterocycles. The van der Waals surface area contributed by atoms with Crippen LogP contribution in [0.3, 0.4) is 0 Å². The molecule has 0 saturated carbocycles. The predicted octanol–water partition coefficient (Wildman–Crippen LogP) is 3.51. The second kappa shape index (κ2) is 8.11. The van der Waals surface area contributed by atoms with Gasteiger partial charge in [-0.05, 0) is 43.7 Å². The van der Waals surface area contributed by atoms with E-state index in [4.69, 9.17) is 0 Å². The topological polar surface area (TPSA) is 92.5 Å². The summed E-state index contributed by atoms with van der Waals surface area (Å²) >= 11 is 0. The van der Waals surface area contributed by atoms with Gasteiger partial charge in [-0.15, -0.1) is 10.2 Å². The average Bonchev–Trinajstić information content (AvgIpc) is 3.17. The smallest absolute Gasteiger partial charge is 0.265 e. The van der Waals surface area contributed by atoms with Crippen molar-refractivity contribution in [2.24, 2.45) is 0 Å². The molecule has 1 aromatic carbocycles. The maximum absolute atomic E-state index is 13.3. The van der Waals surface area contributed by atoms with Crippen molar-refractivity contribution < 1.29 is 8.42 Å². The number of nitrogens with one attached hydrogen (secondary N) is 1. The standard InChI is InChI=1S/C21H22N6O2S/c1-3-27(18-10-7-13-22-14-18)30(28,29)19-11-12-20-24-25-21(26(20)15-19)23-16(2)17-8-5-4-6-9-17/h4-16H,3H2,1-2H3,(H,23,25)/t16-/m1/s1. The molecule has 9 heteroatoms. The number of hydrogen-bond donors (Lipinski definition) is 1. The SMILES string of the molecule is CCN(c1cccnc1)S(=O)(=O)c1ccc2nnc(N[C@H](C)c3ccccc3)n2c1. The maximum Gasteiger partial charge on any atom is 0.265 e. The summed E-state index contributed by atoms with van der Waals surface area (Å²) < 4.78 is 29.6. The summed E-state index contributed by atoms with van der Waals surface area (Å²) in [6.07, 6.45) is 4.69. The van der Waals surface area contributed by atoms with E-state index in [1.807, 2.05) is 37.3 Å². The molecule has 0 aliphatic carbocycles. The Morgan fingerprint density at radius 2 is 1.87 bits per heavy atom. The highest BCUT2D eigenvalue weighted by Gasteiger charge is 2.25. The maximum atomic E-state index is 13.3. The Labute approximate surface area is 175 Å². The fraction of sp³-hybridized carbons (Fsp3) is 0.190. The van der Waals surface area contributed by atoms with Gasteiger partial charge in [0.15, 0.2) is 5.65 Å². The van der Waals surface area contributed by atoms with E-state index in [0.29, 0.717) is 17.3 Å². The number of fused-ring (bicyclic) bond motifs is 1. The average molecular weight is 423 g/mol. The third kappa shape index (κ3) is 3.71. The second-order valence-corrected chi connectivity index (χ2v) is 8.64. The quantitative estimate of drug-likeness (QED) is 0.490. The molecular formula is C21H22N6O2S. The zero-order chi connectivity index (χ0) is 21.1. The largest absolute Gasteiger partial charge is 0.347 e. The molecule has 0 unspecified atom stereocenters. The van der Waals surface area contributed by atoms with Gasteiger partial charge in [-0.1, -0.05) is 30.3 Å². The molecule has 0 amide bonds. The molecule has 30 heavy (non-hydrogen) atoms. The van der Waals surface area contributed by atoms with Gasteiger partial charge >= 0.3 is 0 Å². The first-order chi connectivity index (χ1) is 14.5. The van der Waals surface area contributed by atoms with E-state index in [1.165, 1.54) is 10.5 Å². The summed E-state index contributed by atoms with van der Waals surface area (Å²) in [7, 11) is -3.78. The van der Waals surface area contributed by atoms with Crippen molar-refractivity contribution >= 4 is 27.3 Å². The Hall–Kier alpha value is -3.46. The predicted molar refractivity (Wildman–Crippen MR) is 116 cm³/mol. The summed E-state index contributed by atoms with van der Waals surface area (Å²) in [5, 5.41) is 11.6. The summed E-state index contributed by atoms with van der Waals surface area (Å²) in [5.74, 6) is 0.475. The summed E-state index contributed by atoms with van der Waals surface area (Å²) in [6, 6.07) is 16.5. The normalized spacial score (nSPS) is 12.6. The minimum atomic E-state index is -3.78. The highest BCUT2D eigenvalue weighted by molar-refractivity contribution is 7.92. The fourth-order valence-corrected chi connectivity index (χ4v) is 4.72. The number of benzene rings is 1. The molecular weight excluding hydrogens is 400 g/mol. The molecule has 0 radical (unpaired) electrons. The van der Waals surface area contributed by atoms with Crippen molar-refractivity contribution in [1.29, 1.82) is 0 Å². The minimum absolute atomic E-state index is 0.0265. The lowest BCUT2D eigenvalue weighted by Gasteiger charge is -2.22. The van der Waals surface area contributed by atoms with Crippen LogP contribution in [0.25, 0.3) is 5.65 Å². The minimum Gasteiger partial charge on any atom is -0.347 e. The van der Waals surface area contributed by atoms with Crippen LogP contribution < -0.4 is 9.62 Å². The Morgan fingerprint density at radius 3 is 2.57 bits per heavy atom. The number of nitrogens with zero attached hydrogens (tertiary/aromatic N) is 5. The van der Waals surface area contributed by atoms with Crippen molar-refractivity contribution in [2.45, 2.75) is 24.8 Å². The lowest BCUT2D eigenvalue weighted by atomic mass is 10.1. The van der Waals surface area contributed by atoms with Crippen LogP contribution >= 0.6 is 0 Å². The molecule has 0 saturated heterocycles. The highest BCUT2D eigenvalue weighted by atomic mass is 32.2. The van der Waals surface area contributed by atoms with Gasteiger partial charge in [-0.2, -0.15) is 0 Å². The first kappa shape index (κ1) is 19.8. The van der Waals surface area contributed by atoms with Crippen molar-refractivity contribution in [1.82, 2.24) is 19.6 Å². The van der Waals surface area contributed by atoms with Crippen molar-refractivity contribution in [3.05, 3.63) is 78.8 Å². The summed E-state index contributed by atoms with van der Waals surface area (Å²) in [6.45, 7) is 4.08. The molecule has 0 fully saturated rings. The first-order valence-corrected chi connectivity index (χ1v) is 11.0. The summed E-state index contributed by atoms with van der Waals surface area (Å²) in [5.41, 5.74) is 2.16. The molecule has 1 N–H and O–H groups in total. The number of rotatable bonds is 7. The third-order valence-corrected chi connectivity index (χ3v) is 6.72. The van der Waals surface area contributed by atoms with Gasteiger partial charge in [0, 0.05) is 18.9 Å². The van der Waals surface area contributed by atoms with E-state index in [0.717, 1.165) is 5.56 Å². The van der Waals surface area contributed by atoms with Crippen molar-refractivity contribution in [3.8, 4) is 0 Å². The molecule has 0 aliphatic heterocycles. The van der Waals surface area contributed by atoms with Crippen LogP contribution in [0.4, 0.5) is 11.6 Å². The molecule has 4 aromatic rings. The lowest BCUT2D eigenvalue weighted by Crippen LogP contribution is -2.31. The fourth-order valence-electron chi connectivity index (χ4n) is 3.26. The Balaban J connectivity index is 1.70. The number of anilines is 2. The van der Waals surface area contributed by atoms with Gasteiger partial charge in [-0.3, -0.25) is 13.7 Å². The van der Waals surface area contributed by atoms with Crippen LogP contribution in [-0.2, 0) is 10.0 Å². The number of pyridine rings is 2. The lowest BCUT2D eigenvalue weighted by molar-refractivity contribution is 0.591. The third-order valence-electron chi connectivity index (χ3n) is 4.83. The van der Waals surface area contributed by atoms with Gasteiger partial charge in [0.25, 0.3) is 10.0 Å². The summed E-state index contributed by atoms with van der Waals surface area (Å²) in [4.78, 5) is 4.19. The molecule has 0 aliphatic rings. The molecule has 4 rings (SSSR count). The van der Waals surface area contributed by atoms with E-state index in [9.17, 15) is 8.42 Å². The zero-order valence-corrected chi connectivity index (χ0v) is 17.5. The molecule has 0 bridgehead atoms. The van der Waals surface area contributed by atoms with Gasteiger partial charge in [0.05, 0.1) is 17.9 Å². The zero-order valence-electron chi connectivity index (χ0n) is 16.7. The van der Waals surface area contributed by atoms with Crippen LogP contribution in [0.1, 0.15) is 25.5 Å². The van der Waals surface area contributed by atoms with Crippen LogP contribution in [0.15, 0.2) is 78.1 Å². The van der Waals surface area contributed by atoms with E-state index in [1.54, 1.807) is 48.0 Å². The van der Waals surface area contributed by atoms with Crippen LogP contribution in [0.2, 0.25) is 0 Å².